The van der Waals surface area contributed by atoms with Crippen LogP contribution in [0.2, 0.25) is 0 Å². The number of pyridine rings is 1. The van der Waals surface area contributed by atoms with Gasteiger partial charge >= 0.3 is 0 Å². The van der Waals surface area contributed by atoms with E-state index < -0.39 is 0 Å². The van der Waals surface area contributed by atoms with Crippen LogP contribution in [-0.4, -0.2) is 54.4 Å². The fourth-order valence-corrected chi connectivity index (χ4v) is 4.69. The first-order valence-corrected chi connectivity index (χ1v) is 12.0. The van der Waals surface area contributed by atoms with E-state index in [1.54, 1.807) is 47.2 Å². The number of ether oxygens (including phenoxy) is 1. The van der Waals surface area contributed by atoms with Gasteiger partial charge in [-0.3, -0.25) is 13.9 Å². The average molecular weight is 514 g/mol. The topological polar surface area (TPSA) is 115 Å². The third-order valence-corrected chi connectivity index (χ3v) is 6.75. The molecule has 192 valence electrons. The molecule has 0 aliphatic carbocycles. The maximum Gasteiger partial charge on any atom is 0.228 e. The summed E-state index contributed by atoms with van der Waals surface area (Å²) < 4.78 is 23.4. The van der Waals surface area contributed by atoms with Gasteiger partial charge in [0.15, 0.2) is 5.65 Å². The molecular formula is C26H24FN9O2. The summed E-state index contributed by atoms with van der Waals surface area (Å²) >= 11 is 0. The van der Waals surface area contributed by atoms with Gasteiger partial charge in [0.25, 0.3) is 0 Å². The Morgan fingerprint density at radius 3 is 2.74 bits per heavy atom. The molecule has 11 nitrogen and oxygen atoms in total. The third kappa shape index (κ3) is 4.09. The number of nitrogens with zero attached hydrogens (tertiary/aromatic N) is 8. The first kappa shape index (κ1) is 23.5. The van der Waals surface area contributed by atoms with Crippen molar-refractivity contribution in [3.05, 3.63) is 72.1 Å². The van der Waals surface area contributed by atoms with Crippen molar-refractivity contribution in [1.82, 2.24) is 34.3 Å². The Morgan fingerprint density at radius 1 is 1.11 bits per heavy atom. The lowest BCUT2D eigenvalue weighted by Gasteiger charge is -2.17. The number of aromatic nitrogens is 7. The van der Waals surface area contributed by atoms with Crippen LogP contribution in [0, 0.1) is 5.82 Å². The van der Waals surface area contributed by atoms with Gasteiger partial charge in [-0.2, -0.15) is 5.10 Å². The van der Waals surface area contributed by atoms with E-state index in [0.717, 1.165) is 11.4 Å². The number of anilines is 3. The molecule has 0 fully saturated rings. The van der Waals surface area contributed by atoms with Crippen molar-refractivity contribution in [3.8, 4) is 17.0 Å². The summed E-state index contributed by atoms with van der Waals surface area (Å²) in [7, 11) is 5.03. The molecule has 0 bridgehead atoms. The van der Waals surface area contributed by atoms with E-state index in [4.69, 9.17) is 4.74 Å². The van der Waals surface area contributed by atoms with Crippen LogP contribution in [0.5, 0.6) is 5.75 Å². The smallest absolute Gasteiger partial charge is 0.228 e. The number of carbonyl (C=O) groups is 1. The molecule has 1 atom stereocenters. The molecule has 0 spiro atoms. The normalized spacial score (nSPS) is 15.1. The van der Waals surface area contributed by atoms with Crippen LogP contribution >= 0.6 is 0 Å². The van der Waals surface area contributed by atoms with Crippen molar-refractivity contribution in [2.75, 3.05) is 24.4 Å². The van der Waals surface area contributed by atoms with E-state index in [-0.39, 0.29) is 24.1 Å². The molecule has 6 rings (SSSR count). The molecule has 0 saturated carbocycles. The second-order valence-electron chi connectivity index (χ2n) is 9.10. The maximum absolute atomic E-state index is 14.8. The average Bonchev–Trinajstić information content (AvgIpc) is 3.51. The quantitative estimate of drug-likeness (QED) is 0.367. The number of amides is 1. The maximum atomic E-state index is 14.8. The Morgan fingerprint density at radius 2 is 1.97 bits per heavy atom. The summed E-state index contributed by atoms with van der Waals surface area (Å²) in [6.45, 7) is 0. The molecule has 0 radical (unpaired) electrons. The number of carbonyl (C=O) groups excluding carboxylic acids is 1. The van der Waals surface area contributed by atoms with E-state index in [9.17, 15) is 9.18 Å². The molecule has 5 heterocycles. The predicted octanol–water partition coefficient (Wildman–Crippen LogP) is 3.50. The number of benzene rings is 1. The van der Waals surface area contributed by atoms with Crippen LogP contribution in [0.3, 0.4) is 0 Å². The van der Waals surface area contributed by atoms with E-state index in [2.05, 4.69) is 30.6 Å². The number of rotatable bonds is 6. The zero-order valence-electron chi connectivity index (χ0n) is 21.0. The van der Waals surface area contributed by atoms with Crippen molar-refractivity contribution in [1.29, 1.82) is 0 Å². The summed E-state index contributed by atoms with van der Waals surface area (Å²) in [5, 5.41) is 16.1. The molecule has 0 saturated heterocycles. The number of halogens is 1. The summed E-state index contributed by atoms with van der Waals surface area (Å²) in [5.74, 6) is 1.97. The van der Waals surface area contributed by atoms with Gasteiger partial charge in [-0.05, 0) is 36.2 Å². The minimum Gasteiger partial charge on any atom is -0.497 e. The SMILES string of the molecule is COc1ccc(C[C@H]2CC(=O)N(C)c3cc(-c4ccnc(Nc5ccnn5C)n4)cc4nnc2n34)c(F)c1. The van der Waals surface area contributed by atoms with E-state index in [1.807, 2.05) is 29.6 Å². The Labute approximate surface area is 216 Å². The Balaban J connectivity index is 1.39. The van der Waals surface area contributed by atoms with Crippen molar-refractivity contribution < 1.29 is 13.9 Å². The van der Waals surface area contributed by atoms with Crippen LogP contribution in [0.1, 0.15) is 23.7 Å². The fraction of sp³-hybridized carbons (Fsp3) is 0.231. The van der Waals surface area contributed by atoms with Gasteiger partial charge in [0.05, 0.1) is 19.0 Å². The monoisotopic (exact) mass is 513 g/mol. The van der Waals surface area contributed by atoms with Gasteiger partial charge < -0.3 is 15.0 Å². The summed E-state index contributed by atoms with van der Waals surface area (Å²) in [4.78, 5) is 23.8. The van der Waals surface area contributed by atoms with Crippen LogP contribution in [0.4, 0.5) is 22.0 Å². The summed E-state index contributed by atoms with van der Waals surface area (Å²) in [6, 6.07) is 12.1. The summed E-state index contributed by atoms with van der Waals surface area (Å²) in [6.07, 6.45) is 3.80. The van der Waals surface area contributed by atoms with Gasteiger partial charge in [0.1, 0.15) is 29.0 Å². The van der Waals surface area contributed by atoms with Gasteiger partial charge in [-0.25, -0.2) is 14.4 Å². The second-order valence-corrected chi connectivity index (χ2v) is 9.10. The predicted molar refractivity (Wildman–Crippen MR) is 138 cm³/mol. The fourth-order valence-electron chi connectivity index (χ4n) is 4.69. The van der Waals surface area contributed by atoms with Crippen LogP contribution in [0.25, 0.3) is 16.9 Å². The van der Waals surface area contributed by atoms with E-state index in [0.29, 0.717) is 46.7 Å². The second kappa shape index (κ2) is 9.21. The first-order chi connectivity index (χ1) is 18.4. The number of nitrogens with one attached hydrogen (secondary N) is 1. The van der Waals surface area contributed by atoms with Crippen LogP contribution < -0.4 is 15.0 Å². The van der Waals surface area contributed by atoms with Crippen molar-refractivity contribution >= 4 is 29.1 Å². The molecule has 1 aliphatic rings. The molecule has 0 unspecified atom stereocenters. The minimum absolute atomic E-state index is 0.103. The van der Waals surface area contributed by atoms with Crippen LogP contribution in [0.15, 0.2) is 54.9 Å². The summed E-state index contributed by atoms with van der Waals surface area (Å²) in [5.41, 5.74) is 2.45. The lowest BCUT2D eigenvalue weighted by molar-refractivity contribution is -0.118. The van der Waals surface area contributed by atoms with Gasteiger partial charge in [0.2, 0.25) is 11.9 Å². The van der Waals surface area contributed by atoms with E-state index in [1.165, 1.54) is 13.2 Å². The Bertz CT molecular complexity index is 1680. The molecule has 1 N–H and O–H groups in total. The van der Waals surface area contributed by atoms with Crippen molar-refractivity contribution in [2.45, 2.75) is 18.8 Å². The van der Waals surface area contributed by atoms with Gasteiger partial charge in [-0.1, -0.05) is 6.07 Å². The molecule has 38 heavy (non-hydrogen) atoms. The van der Waals surface area contributed by atoms with Gasteiger partial charge in [0, 0.05) is 50.3 Å². The van der Waals surface area contributed by atoms with Crippen LogP contribution in [-0.2, 0) is 18.3 Å². The number of aryl methyl sites for hydroxylation is 1. The first-order valence-electron chi connectivity index (χ1n) is 12.0. The molecule has 1 aromatic carbocycles. The molecular weight excluding hydrogens is 489 g/mol. The highest BCUT2D eigenvalue weighted by Crippen LogP contribution is 2.35. The molecule has 1 amide bonds. The largest absolute Gasteiger partial charge is 0.497 e. The Hall–Kier alpha value is -4.87. The minimum atomic E-state index is -0.384. The Kier molecular flexibility index (Phi) is 5.70. The van der Waals surface area contributed by atoms with Gasteiger partial charge in [-0.15, -0.1) is 10.2 Å². The van der Waals surface area contributed by atoms with Crippen molar-refractivity contribution in [2.24, 2.45) is 7.05 Å². The number of hydrogen-bond donors (Lipinski definition) is 1. The molecule has 4 aromatic heterocycles. The standard InChI is InChI=1S/C26H24FN9O2/c1-34-23-12-16(20-6-8-28-26(30-20)31-21-7-9-29-35(21)2)11-22-32-33-25(36(22)23)17(13-24(34)37)10-15-4-5-18(38-3)14-19(15)27/h4-9,11-12,14,17H,10,13H2,1-3H3,(H,28,30,31)/t17-/m0/s1. The zero-order chi connectivity index (χ0) is 26.4. The molecule has 5 aromatic rings. The lowest BCUT2D eigenvalue weighted by Crippen LogP contribution is -2.27. The molecule has 1 aliphatic heterocycles. The zero-order valence-corrected chi connectivity index (χ0v) is 21.0. The molecule has 12 heteroatoms. The van der Waals surface area contributed by atoms with E-state index >= 15 is 0 Å². The number of hydrogen-bond acceptors (Lipinski definition) is 8. The van der Waals surface area contributed by atoms with Crippen molar-refractivity contribution in [3.63, 3.8) is 0 Å². The third-order valence-electron chi connectivity index (χ3n) is 6.75. The lowest BCUT2D eigenvalue weighted by atomic mass is 9.94. The number of methoxy groups -OCH3 is 1. The highest BCUT2D eigenvalue weighted by atomic mass is 19.1. The highest BCUT2D eigenvalue weighted by Gasteiger charge is 2.31. The highest BCUT2D eigenvalue weighted by molar-refractivity contribution is 5.94.